The number of aromatic nitrogens is 3. The van der Waals surface area contributed by atoms with Crippen LogP contribution in [-0.2, 0) is 44.3 Å². The molecule has 0 unspecified atom stereocenters. The van der Waals surface area contributed by atoms with Crippen molar-refractivity contribution in [2.45, 2.75) is 115 Å². The molecule has 1 saturated heterocycles. The third kappa shape index (κ3) is 15.6. The number of aryl methyl sites for hydroxylation is 12. The number of ether oxygens (including phenoxy) is 2. The number of hydrogen-bond donors (Lipinski definition) is 0. The van der Waals surface area contributed by atoms with Crippen molar-refractivity contribution < 1.29 is 43.6 Å². The zero-order valence-electron chi connectivity index (χ0n) is 56.2. The van der Waals surface area contributed by atoms with Crippen LogP contribution in [0.25, 0.3) is 39.3 Å². The number of allylic oxidation sites excluding steroid dienone is 2. The first-order valence-electron chi connectivity index (χ1n) is 31.0. The molecule has 0 spiro atoms. The quantitative estimate of drug-likeness (QED) is 0.0818. The van der Waals surface area contributed by atoms with E-state index in [1.807, 2.05) is 0 Å². The van der Waals surface area contributed by atoms with E-state index in [9.17, 15) is 0 Å². The van der Waals surface area contributed by atoms with Gasteiger partial charge in [0.05, 0.1) is 11.4 Å². The van der Waals surface area contributed by atoms with Gasteiger partial charge in [0.15, 0.2) is 5.75 Å². The predicted octanol–water partition coefficient (Wildman–Crippen LogP) is 19.5. The molecule has 10 heteroatoms. The maximum absolute atomic E-state index is 7.64. The Labute approximate surface area is 557 Å². The second-order valence-corrected chi connectivity index (χ2v) is 32.1. The van der Waals surface area contributed by atoms with E-state index in [1.165, 1.54) is 79.6 Å². The number of rotatable bonds is 9. The third-order valence-electron chi connectivity index (χ3n) is 16.3. The molecule has 89 heavy (non-hydrogen) atoms. The fraction of sp³-hybridized carbons (Fsp3) is 0.316. The molecule has 6 aromatic carbocycles. The first kappa shape index (κ1) is 70.3. The standard InChI is InChI=1S/C69H64N4O.C4H8O.2C3H9P.2Cu/c1-37-29-41(5)61(42(6)30-37)53-21-25-57(70-53)65(58-26-22-54(71-58)62-43(7)31-38(2)32-44(62)8)49-17-15-19-51-67(49)74-68-50(18-16-20-52(68)69(51,13)14)66(59-27-23-55(72-59)63-45(9)33-39(3)34-46(63)10)60-28-24-56(73-60)64-47(11)35-40(4)36-48(64)12;1-2-4-5-3-1;2*1-4(2)3;;/h15-36H,1-14H3;1-4H2;2*1-3H3;;/q-2;;;;2*+1/p+2/b65-57-;;;;;. The fourth-order valence-corrected chi connectivity index (χ4v) is 13.1. The van der Waals surface area contributed by atoms with Crippen LogP contribution in [0.15, 0.2) is 144 Å². The molecule has 1 fully saturated rings. The Kier molecular flexibility index (Phi) is 23.6. The second kappa shape index (κ2) is 29.9. The maximum atomic E-state index is 7.64. The van der Waals surface area contributed by atoms with E-state index in [0.717, 1.165) is 126 Å². The minimum absolute atomic E-state index is 0. The number of nitrogens with zero attached hydrogens (tertiary/aromatic N) is 4. The Hall–Kier alpha value is -6.16. The molecule has 0 atom stereocenters. The summed E-state index contributed by atoms with van der Waals surface area (Å²) in [6.07, 6.45) is 6.87. The van der Waals surface area contributed by atoms with Crippen LogP contribution < -0.4 is 19.7 Å². The molecule has 0 aliphatic carbocycles. The average molecular weight is 1320 g/mol. The minimum Gasteiger partial charge on any atom is -0.657 e. The molecule has 470 valence electrons. The van der Waals surface area contributed by atoms with Crippen molar-refractivity contribution >= 4 is 27.1 Å². The number of hydrogen-bond acceptors (Lipinski definition) is 3. The fourth-order valence-electron chi connectivity index (χ4n) is 13.1. The first-order chi connectivity index (χ1) is 41.3. The zero-order chi connectivity index (χ0) is 62.8. The number of para-hydroxylation sites is 2. The summed E-state index contributed by atoms with van der Waals surface area (Å²) in [4.78, 5) is 22.0. The molecular weight excluding hydrogens is 1230 g/mol. The van der Waals surface area contributed by atoms with Crippen LogP contribution in [0.5, 0.6) is 11.5 Å². The average Bonchev–Trinajstić information content (AvgIpc) is 1.88. The van der Waals surface area contributed by atoms with Gasteiger partial charge in [0.25, 0.3) is 0 Å². The monoisotopic (exact) mass is 1320 g/mol. The van der Waals surface area contributed by atoms with Crippen LogP contribution in [0.1, 0.15) is 138 Å². The molecule has 0 radical (unpaired) electrons. The van der Waals surface area contributed by atoms with Crippen LogP contribution in [0, 0.1) is 89.0 Å². The van der Waals surface area contributed by atoms with E-state index in [-0.39, 0.29) is 50.0 Å². The van der Waals surface area contributed by atoms with E-state index < -0.39 is 5.41 Å². The van der Waals surface area contributed by atoms with Crippen molar-refractivity contribution in [1.29, 1.82) is 0 Å². The molecular formula is C79H92Cu2N4O2P2+2. The van der Waals surface area contributed by atoms with Gasteiger partial charge in [-0.3, -0.25) is 0 Å². The molecule has 9 aromatic rings. The number of benzene rings is 6. The zero-order valence-corrected chi connectivity index (χ0v) is 60.1. The SMILES string of the molecule is C1CCOC1.C[PH+](C)C.C[PH+](C)C.Cc1cc(C)c(C2=N/C(=C(\c3ccc(-c4c(C)cc(C)cc4C)[n-]3)c3cccc4c3Oc3c([C+](c5ccc(-c6c(C)cc(C)cc6C)[n-]5)c5ccc(-c6c(C)cc(C)cc6C)[n-]5)cccc3C4(C)C)C=C2)c(C)c1.[Cu+].[Cu+]. The molecule has 12 rings (SSSR count). The smallest absolute Gasteiger partial charge is 0.657 e. The van der Waals surface area contributed by atoms with Crippen molar-refractivity contribution in [3.63, 3.8) is 0 Å². The van der Waals surface area contributed by atoms with Crippen molar-refractivity contribution in [3.8, 4) is 45.3 Å². The summed E-state index contributed by atoms with van der Waals surface area (Å²) in [7, 11) is 0.241. The second-order valence-electron chi connectivity index (χ2n) is 26.1. The van der Waals surface area contributed by atoms with E-state index in [1.54, 1.807) is 0 Å². The van der Waals surface area contributed by atoms with Crippen molar-refractivity contribution in [2.24, 2.45) is 4.99 Å². The topological polar surface area (TPSA) is 73.1 Å². The van der Waals surface area contributed by atoms with Gasteiger partial charge in [-0.25, -0.2) is 4.99 Å². The molecule has 3 aliphatic rings. The predicted molar refractivity (Wildman–Crippen MR) is 378 cm³/mol. The Morgan fingerprint density at radius 1 is 0.461 bits per heavy atom. The number of fused-ring (bicyclic) bond motifs is 2. The Balaban J connectivity index is 0.000000680. The Morgan fingerprint density at radius 2 is 0.843 bits per heavy atom. The van der Waals surface area contributed by atoms with Gasteiger partial charge in [0, 0.05) is 92.9 Å². The van der Waals surface area contributed by atoms with Crippen molar-refractivity contribution in [1.82, 2.24) is 15.0 Å². The van der Waals surface area contributed by atoms with Gasteiger partial charge in [0.1, 0.15) is 5.56 Å². The molecule has 6 nitrogen and oxygen atoms in total. The van der Waals surface area contributed by atoms with Crippen molar-refractivity contribution in [2.75, 3.05) is 53.2 Å². The summed E-state index contributed by atoms with van der Waals surface area (Å²) in [5.41, 5.74) is 30.9. The van der Waals surface area contributed by atoms with E-state index in [2.05, 4.69) is 270 Å². The van der Waals surface area contributed by atoms with E-state index in [4.69, 9.17) is 29.4 Å². The first-order valence-corrected chi connectivity index (χ1v) is 37.0. The molecule has 0 amide bonds. The summed E-state index contributed by atoms with van der Waals surface area (Å²) in [5, 5.41) is 0. The van der Waals surface area contributed by atoms with Crippen LogP contribution in [-0.4, -0.2) is 58.9 Å². The largest absolute Gasteiger partial charge is 1.00 e. The minimum atomic E-state index is -0.478. The van der Waals surface area contributed by atoms with Gasteiger partial charge in [-0.1, -0.05) is 126 Å². The van der Waals surface area contributed by atoms with Gasteiger partial charge < -0.3 is 24.4 Å². The normalized spacial score (nSPS) is 14.0. The Bertz CT molecular complexity index is 3900. The van der Waals surface area contributed by atoms with E-state index in [0.29, 0.717) is 0 Å². The van der Waals surface area contributed by atoms with Crippen LogP contribution in [0.2, 0.25) is 0 Å². The van der Waals surface area contributed by atoms with Gasteiger partial charge >= 0.3 is 34.1 Å². The van der Waals surface area contributed by atoms with Gasteiger partial charge in [0.2, 0.25) is 5.75 Å². The van der Waals surface area contributed by atoms with Crippen LogP contribution in [0.3, 0.4) is 0 Å². The van der Waals surface area contributed by atoms with Gasteiger partial charge in [-0.2, -0.15) is 0 Å². The molecule has 3 aliphatic heterocycles. The van der Waals surface area contributed by atoms with Crippen LogP contribution in [0.4, 0.5) is 0 Å². The summed E-state index contributed by atoms with van der Waals surface area (Å²) in [5.74, 6) is 2.49. The summed E-state index contributed by atoms with van der Waals surface area (Å²) in [6.45, 7) is 46.3. The molecule has 0 N–H and O–H groups in total. The van der Waals surface area contributed by atoms with Gasteiger partial charge in [-0.05, 0) is 227 Å². The maximum Gasteiger partial charge on any atom is 1.00 e. The molecule has 6 heterocycles. The van der Waals surface area contributed by atoms with Crippen molar-refractivity contribution in [3.05, 3.63) is 257 Å². The van der Waals surface area contributed by atoms with E-state index >= 15 is 0 Å². The van der Waals surface area contributed by atoms with Crippen LogP contribution >= 0.6 is 15.8 Å². The molecule has 3 aromatic heterocycles. The van der Waals surface area contributed by atoms with Gasteiger partial charge in [-0.15, -0.1) is 22.8 Å². The summed E-state index contributed by atoms with van der Waals surface area (Å²) < 4.78 is 12.6. The third-order valence-corrected chi connectivity index (χ3v) is 16.3. The number of aliphatic imine (C=N–C) groups is 1. The summed E-state index contributed by atoms with van der Waals surface area (Å²) >= 11 is 0. The Morgan fingerprint density at radius 3 is 1.26 bits per heavy atom. The molecule has 0 bridgehead atoms. The molecule has 0 saturated carbocycles. The summed E-state index contributed by atoms with van der Waals surface area (Å²) in [6, 6.07) is 44.1.